The minimum atomic E-state index is -0.259. The molecule has 1 N–H and O–H groups in total. The summed E-state index contributed by atoms with van der Waals surface area (Å²) in [6, 6.07) is 23.1. The van der Waals surface area contributed by atoms with Gasteiger partial charge in [-0.15, -0.1) is 21.5 Å². The molecular weight excluding hydrogens is 504 g/mol. The fourth-order valence-electron chi connectivity index (χ4n) is 4.03. The van der Waals surface area contributed by atoms with Gasteiger partial charge in [-0.05, 0) is 30.2 Å². The lowest BCUT2D eigenvalue weighted by Crippen LogP contribution is -2.34. The van der Waals surface area contributed by atoms with E-state index in [0.717, 1.165) is 25.1 Å². The maximum Gasteiger partial charge on any atom is 0.230 e. The minimum Gasteiger partial charge on any atom is -0.378 e. The van der Waals surface area contributed by atoms with E-state index in [2.05, 4.69) is 71.0 Å². The maximum absolute atomic E-state index is 12.9. The van der Waals surface area contributed by atoms with Crippen LogP contribution < -0.4 is 5.32 Å². The third kappa shape index (κ3) is 7.31. The number of benzene rings is 2. The Morgan fingerprint density at radius 1 is 1.05 bits per heavy atom. The highest BCUT2D eigenvalue weighted by Crippen LogP contribution is 2.39. The molecule has 2 aromatic carbocycles. The van der Waals surface area contributed by atoms with E-state index >= 15 is 0 Å². The van der Waals surface area contributed by atoms with Gasteiger partial charge in [-0.2, -0.15) is 0 Å². The lowest BCUT2D eigenvalue weighted by Gasteiger charge is -2.22. The largest absolute Gasteiger partial charge is 0.378 e. The van der Waals surface area contributed by atoms with Crippen LogP contribution in [-0.4, -0.2) is 53.7 Å². The van der Waals surface area contributed by atoms with E-state index in [1.807, 2.05) is 25.1 Å². The van der Waals surface area contributed by atoms with Crippen LogP contribution in [0, 0.1) is 12.8 Å². The number of nitrogens with zero attached hydrogens (tertiary/aromatic N) is 3. The van der Waals surface area contributed by atoms with Crippen molar-refractivity contribution >= 4 is 40.1 Å². The van der Waals surface area contributed by atoms with Gasteiger partial charge in [0, 0.05) is 34.7 Å². The SMILES string of the molecule is Cc1ccc(-c2ccc([C@H](c3ccccc3)[C@H](C)C(=O)Nc3nncs3)s2)cc1.O=CN1CCOCC1. The smallest absolute Gasteiger partial charge is 0.230 e. The van der Waals surface area contributed by atoms with Gasteiger partial charge >= 0.3 is 0 Å². The Hall–Kier alpha value is -3.40. The number of ether oxygens (including phenoxy) is 1. The van der Waals surface area contributed by atoms with Crippen LogP contribution in [0.15, 0.2) is 72.2 Å². The molecule has 0 saturated carbocycles. The summed E-state index contributed by atoms with van der Waals surface area (Å²) in [4.78, 5) is 27.1. The summed E-state index contributed by atoms with van der Waals surface area (Å²) in [6.07, 6.45) is 0.864. The normalized spacial score (nSPS) is 14.7. The molecule has 1 saturated heterocycles. The zero-order valence-electron chi connectivity index (χ0n) is 20.9. The number of rotatable bonds is 7. The van der Waals surface area contributed by atoms with Crippen molar-refractivity contribution in [3.63, 3.8) is 0 Å². The van der Waals surface area contributed by atoms with Crippen molar-refractivity contribution in [2.45, 2.75) is 19.8 Å². The number of aryl methyl sites for hydroxylation is 1. The number of anilines is 1. The average Bonchev–Trinajstić information content (AvgIpc) is 3.63. The lowest BCUT2D eigenvalue weighted by atomic mass is 9.85. The van der Waals surface area contributed by atoms with Gasteiger partial charge in [-0.25, -0.2) is 0 Å². The summed E-state index contributed by atoms with van der Waals surface area (Å²) in [7, 11) is 0. The highest BCUT2D eigenvalue weighted by molar-refractivity contribution is 7.15. The molecule has 0 spiro atoms. The summed E-state index contributed by atoms with van der Waals surface area (Å²) in [5.74, 6) is -0.347. The van der Waals surface area contributed by atoms with E-state index in [4.69, 9.17) is 4.74 Å². The van der Waals surface area contributed by atoms with Crippen LogP contribution in [0.25, 0.3) is 10.4 Å². The van der Waals surface area contributed by atoms with Crippen LogP contribution in [0.5, 0.6) is 0 Å². The molecule has 2 amide bonds. The molecule has 0 unspecified atom stereocenters. The van der Waals surface area contributed by atoms with E-state index in [0.29, 0.717) is 18.3 Å². The van der Waals surface area contributed by atoms with Crippen molar-refractivity contribution in [3.8, 4) is 10.4 Å². The predicted molar refractivity (Wildman–Crippen MR) is 149 cm³/mol. The van der Waals surface area contributed by atoms with Gasteiger partial charge in [0.1, 0.15) is 5.51 Å². The zero-order chi connectivity index (χ0) is 26.0. The Bertz CT molecular complexity index is 1250. The molecule has 2 aromatic heterocycles. The molecule has 1 aliphatic heterocycles. The number of amides is 2. The maximum atomic E-state index is 12.9. The Balaban J connectivity index is 0.000000342. The number of morpholine rings is 1. The molecule has 7 nitrogen and oxygen atoms in total. The second-order valence-corrected chi connectivity index (χ2v) is 10.7. The van der Waals surface area contributed by atoms with Crippen molar-refractivity contribution in [3.05, 3.63) is 88.2 Å². The van der Waals surface area contributed by atoms with Crippen molar-refractivity contribution in [2.75, 3.05) is 31.6 Å². The van der Waals surface area contributed by atoms with Crippen LogP contribution in [0.2, 0.25) is 0 Å². The van der Waals surface area contributed by atoms with Gasteiger partial charge in [0.25, 0.3) is 0 Å². The highest BCUT2D eigenvalue weighted by Gasteiger charge is 2.29. The van der Waals surface area contributed by atoms with Gasteiger partial charge in [0.15, 0.2) is 0 Å². The van der Waals surface area contributed by atoms with Gasteiger partial charge in [-0.3, -0.25) is 9.59 Å². The fourth-order valence-corrected chi connectivity index (χ4v) is 5.73. The highest BCUT2D eigenvalue weighted by atomic mass is 32.1. The molecular formula is C28H30N4O3S2. The molecule has 9 heteroatoms. The number of carbonyl (C=O) groups excluding carboxylic acids is 2. The molecule has 192 valence electrons. The Morgan fingerprint density at radius 3 is 2.41 bits per heavy atom. The third-order valence-electron chi connectivity index (χ3n) is 6.13. The van der Waals surface area contributed by atoms with Gasteiger partial charge in [0.2, 0.25) is 17.4 Å². The summed E-state index contributed by atoms with van der Waals surface area (Å²) in [5.41, 5.74) is 5.19. The summed E-state index contributed by atoms with van der Waals surface area (Å²) in [6.45, 7) is 6.96. The van der Waals surface area contributed by atoms with Crippen molar-refractivity contribution in [1.82, 2.24) is 15.1 Å². The topological polar surface area (TPSA) is 84.4 Å². The first kappa shape index (κ1) is 26.7. The van der Waals surface area contributed by atoms with Gasteiger partial charge in [0.05, 0.1) is 13.2 Å². The van der Waals surface area contributed by atoms with Crippen LogP contribution in [0.4, 0.5) is 5.13 Å². The number of hydrogen-bond donors (Lipinski definition) is 1. The molecule has 5 rings (SSSR count). The number of hydrogen-bond acceptors (Lipinski definition) is 7. The monoisotopic (exact) mass is 534 g/mol. The molecule has 0 radical (unpaired) electrons. The van der Waals surface area contributed by atoms with Crippen LogP contribution in [-0.2, 0) is 14.3 Å². The van der Waals surface area contributed by atoms with E-state index < -0.39 is 0 Å². The Kier molecular flexibility index (Phi) is 9.53. The molecule has 2 atom stereocenters. The summed E-state index contributed by atoms with van der Waals surface area (Å²) < 4.78 is 5.00. The van der Waals surface area contributed by atoms with Crippen molar-refractivity contribution in [2.24, 2.45) is 5.92 Å². The number of thiophene rings is 1. The predicted octanol–water partition coefficient (Wildman–Crippen LogP) is 5.46. The molecule has 0 aliphatic carbocycles. The quantitative estimate of drug-likeness (QED) is 0.319. The molecule has 4 aromatic rings. The van der Waals surface area contributed by atoms with Crippen LogP contribution in [0.3, 0.4) is 0 Å². The average molecular weight is 535 g/mol. The van der Waals surface area contributed by atoms with E-state index in [1.54, 1.807) is 21.7 Å². The molecule has 1 aliphatic rings. The standard InChI is InChI=1S/C23H21N3OS2.C5H9NO2/c1-15-8-10-17(11-9-15)19-12-13-20(29-19)21(18-6-4-3-5-7-18)16(2)22(27)25-23-26-24-14-28-23;7-5-6-1-3-8-4-2-6/h3-14,16,21H,1-2H3,(H,25,26,27);5H,1-4H2/t16-,21-;/m0./s1. The molecule has 0 bridgehead atoms. The molecule has 1 fully saturated rings. The minimum absolute atomic E-state index is 0.0340. The first-order valence-electron chi connectivity index (χ1n) is 12.1. The fraction of sp³-hybridized carbons (Fsp3) is 0.286. The first-order chi connectivity index (χ1) is 18.0. The number of carbonyl (C=O) groups is 2. The van der Waals surface area contributed by atoms with Crippen LogP contribution in [0.1, 0.15) is 28.8 Å². The summed E-state index contributed by atoms with van der Waals surface area (Å²) in [5, 5.41) is 11.2. The van der Waals surface area contributed by atoms with Crippen molar-refractivity contribution < 1.29 is 14.3 Å². The second kappa shape index (κ2) is 13.2. The number of nitrogens with one attached hydrogen (secondary N) is 1. The van der Waals surface area contributed by atoms with Crippen molar-refractivity contribution in [1.29, 1.82) is 0 Å². The first-order valence-corrected chi connectivity index (χ1v) is 13.8. The lowest BCUT2D eigenvalue weighted by molar-refractivity contribution is -0.122. The summed E-state index contributed by atoms with van der Waals surface area (Å²) >= 11 is 3.07. The Morgan fingerprint density at radius 2 is 1.78 bits per heavy atom. The van der Waals surface area contributed by atoms with Crippen LogP contribution >= 0.6 is 22.7 Å². The molecule has 37 heavy (non-hydrogen) atoms. The number of aromatic nitrogens is 2. The molecule has 3 heterocycles. The van der Waals surface area contributed by atoms with E-state index in [9.17, 15) is 9.59 Å². The third-order valence-corrected chi connectivity index (χ3v) is 7.95. The zero-order valence-corrected chi connectivity index (χ0v) is 22.5. The van der Waals surface area contributed by atoms with E-state index in [1.165, 1.54) is 32.2 Å². The Labute approximate surface area is 225 Å². The second-order valence-electron chi connectivity index (χ2n) is 8.73. The van der Waals surface area contributed by atoms with Gasteiger partial charge in [-0.1, -0.05) is 78.4 Å². The van der Waals surface area contributed by atoms with Gasteiger partial charge < -0.3 is 15.0 Å². The van der Waals surface area contributed by atoms with E-state index in [-0.39, 0.29) is 17.7 Å².